The number of aromatic nitrogens is 2. The molecule has 2 heterocycles. The maximum absolute atomic E-state index is 5.76. The van der Waals surface area contributed by atoms with Gasteiger partial charge in [-0.1, -0.05) is 0 Å². The van der Waals surface area contributed by atoms with Crippen LogP contribution in [-0.2, 0) is 13.0 Å². The lowest BCUT2D eigenvalue weighted by Gasteiger charge is -2.18. The number of rotatable bonds is 4. The van der Waals surface area contributed by atoms with Gasteiger partial charge in [-0.15, -0.1) is 0 Å². The van der Waals surface area contributed by atoms with E-state index in [2.05, 4.69) is 28.8 Å². The highest BCUT2D eigenvalue weighted by atomic mass is 16.5. The molecule has 1 saturated carbocycles. The number of benzene rings is 2. The van der Waals surface area contributed by atoms with Crippen LogP contribution in [0.3, 0.4) is 0 Å². The first-order valence-electron chi connectivity index (χ1n) is 9.12. The SMILES string of the molecule is COc1ccc2c(c1)nc(-c1ccc3c(c1)CCCO3)n2CC1CC1. The van der Waals surface area contributed by atoms with Crippen LogP contribution in [-0.4, -0.2) is 23.3 Å². The summed E-state index contributed by atoms with van der Waals surface area (Å²) >= 11 is 0. The molecule has 0 saturated heterocycles. The van der Waals surface area contributed by atoms with Gasteiger partial charge < -0.3 is 14.0 Å². The van der Waals surface area contributed by atoms with Crippen LogP contribution in [0, 0.1) is 5.92 Å². The van der Waals surface area contributed by atoms with Crippen molar-refractivity contribution in [1.82, 2.24) is 9.55 Å². The number of nitrogens with zero attached hydrogens (tertiary/aromatic N) is 2. The average molecular weight is 334 g/mol. The minimum Gasteiger partial charge on any atom is -0.497 e. The Hall–Kier alpha value is -2.49. The quantitative estimate of drug-likeness (QED) is 0.707. The van der Waals surface area contributed by atoms with Crippen LogP contribution in [0.5, 0.6) is 11.5 Å². The summed E-state index contributed by atoms with van der Waals surface area (Å²) in [5.74, 6) is 3.73. The number of hydrogen-bond donors (Lipinski definition) is 0. The lowest BCUT2D eigenvalue weighted by molar-refractivity contribution is 0.288. The second-order valence-corrected chi connectivity index (χ2v) is 7.12. The van der Waals surface area contributed by atoms with Crippen molar-refractivity contribution in [2.75, 3.05) is 13.7 Å². The lowest BCUT2D eigenvalue weighted by Crippen LogP contribution is -2.08. The Morgan fingerprint density at radius 1 is 1.20 bits per heavy atom. The molecule has 1 fully saturated rings. The van der Waals surface area contributed by atoms with Crippen molar-refractivity contribution in [3.63, 3.8) is 0 Å². The maximum Gasteiger partial charge on any atom is 0.141 e. The molecule has 2 aromatic carbocycles. The van der Waals surface area contributed by atoms with Gasteiger partial charge in [0.15, 0.2) is 0 Å². The summed E-state index contributed by atoms with van der Waals surface area (Å²) in [6.07, 6.45) is 4.83. The number of ether oxygens (including phenoxy) is 2. The molecule has 4 nitrogen and oxygen atoms in total. The summed E-state index contributed by atoms with van der Waals surface area (Å²) in [5, 5.41) is 0. The molecule has 0 amide bonds. The molecular weight excluding hydrogens is 312 g/mol. The molecule has 1 aliphatic heterocycles. The van der Waals surface area contributed by atoms with E-state index >= 15 is 0 Å². The molecule has 0 spiro atoms. The van der Waals surface area contributed by atoms with E-state index in [9.17, 15) is 0 Å². The summed E-state index contributed by atoms with van der Waals surface area (Å²) < 4.78 is 13.5. The Labute approximate surface area is 147 Å². The van der Waals surface area contributed by atoms with Crippen molar-refractivity contribution in [3.8, 4) is 22.9 Å². The Morgan fingerprint density at radius 2 is 2.12 bits per heavy atom. The van der Waals surface area contributed by atoms with Crippen molar-refractivity contribution in [3.05, 3.63) is 42.0 Å². The van der Waals surface area contributed by atoms with Crippen molar-refractivity contribution in [2.45, 2.75) is 32.2 Å². The summed E-state index contributed by atoms with van der Waals surface area (Å²) in [6, 6.07) is 12.7. The highest BCUT2D eigenvalue weighted by Crippen LogP contribution is 2.36. The molecule has 4 heteroatoms. The summed E-state index contributed by atoms with van der Waals surface area (Å²) in [5.41, 5.74) is 4.67. The number of aryl methyl sites for hydroxylation is 1. The first-order valence-corrected chi connectivity index (χ1v) is 9.12. The van der Waals surface area contributed by atoms with Crippen molar-refractivity contribution in [2.24, 2.45) is 5.92 Å². The Balaban J connectivity index is 1.65. The second-order valence-electron chi connectivity index (χ2n) is 7.12. The highest BCUT2D eigenvalue weighted by Gasteiger charge is 2.25. The fourth-order valence-electron chi connectivity index (χ4n) is 3.70. The normalized spacial score (nSPS) is 16.5. The zero-order chi connectivity index (χ0) is 16.8. The van der Waals surface area contributed by atoms with Gasteiger partial charge in [-0.2, -0.15) is 0 Å². The molecule has 1 aliphatic carbocycles. The minimum atomic E-state index is 0.791. The maximum atomic E-state index is 5.76. The van der Waals surface area contributed by atoms with Gasteiger partial charge in [0.1, 0.15) is 17.3 Å². The third-order valence-electron chi connectivity index (χ3n) is 5.26. The fourth-order valence-corrected chi connectivity index (χ4v) is 3.70. The smallest absolute Gasteiger partial charge is 0.141 e. The zero-order valence-electron chi connectivity index (χ0n) is 14.5. The van der Waals surface area contributed by atoms with Gasteiger partial charge in [-0.25, -0.2) is 4.98 Å². The van der Waals surface area contributed by atoms with Crippen LogP contribution in [0.15, 0.2) is 36.4 Å². The van der Waals surface area contributed by atoms with E-state index < -0.39 is 0 Å². The van der Waals surface area contributed by atoms with E-state index in [1.807, 2.05) is 12.1 Å². The molecule has 128 valence electrons. The Bertz CT molecular complexity index is 940. The molecule has 1 aromatic heterocycles. The van der Waals surface area contributed by atoms with Gasteiger partial charge in [-0.3, -0.25) is 0 Å². The molecular formula is C21H22N2O2. The van der Waals surface area contributed by atoms with E-state index in [0.717, 1.165) is 54.8 Å². The molecule has 0 atom stereocenters. The van der Waals surface area contributed by atoms with Gasteiger partial charge >= 0.3 is 0 Å². The largest absolute Gasteiger partial charge is 0.497 e. The van der Waals surface area contributed by atoms with Gasteiger partial charge in [0.05, 0.1) is 24.8 Å². The first-order chi connectivity index (χ1) is 12.3. The van der Waals surface area contributed by atoms with Crippen molar-refractivity contribution < 1.29 is 9.47 Å². The van der Waals surface area contributed by atoms with Gasteiger partial charge in [0, 0.05) is 18.2 Å². The van der Waals surface area contributed by atoms with E-state index in [-0.39, 0.29) is 0 Å². The van der Waals surface area contributed by atoms with Crippen LogP contribution in [0.1, 0.15) is 24.8 Å². The van der Waals surface area contributed by atoms with Crippen molar-refractivity contribution in [1.29, 1.82) is 0 Å². The predicted molar refractivity (Wildman–Crippen MR) is 98.3 cm³/mol. The van der Waals surface area contributed by atoms with Crippen LogP contribution < -0.4 is 9.47 Å². The first kappa shape index (κ1) is 14.8. The lowest BCUT2D eigenvalue weighted by atomic mass is 10.0. The number of fused-ring (bicyclic) bond motifs is 2. The second kappa shape index (κ2) is 5.80. The van der Waals surface area contributed by atoms with Crippen LogP contribution in [0.4, 0.5) is 0 Å². The summed E-state index contributed by atoms with van der Waals surface area (Å²) in [4.78, 5) is 4.96. The van der Waals surface area contributed by atoms with E-state index in [1.165, 1.54) is 29.5 Å². The highest BCUT2D eigenvalue weighted by molar-refractivity contribution is 5.82. The Kier molecular flexibility index (Phi) is 3.44. The molecule has 0 radical (unpaired) electrons. The minimum absolute atomic E-state index is 0.791. The topological polar surface area (TPSA) is 36.3 Å². The molecule has 2 aliphatic rings. The van der Waals surface area contributed by atoms with Crippen molar-refractivity contribution >= 4 is 11.0 Å². The third kappa shape index (κ3) is 2.66. The predicted octanol–water partition coefficient (Wildman–Crippen LogP) is 4.45. The zero-order valence-corrected chi connectivity index (χ0v) is 14.5. The molecule has 0 bridgehead atoms. The average Bonchev–Trinajstić information content (AvgIpc) is 3.41. The summed E-state index contributed by atoms with van der Waals surface area (Å²) in [6.45, 7) is 1.87. The Morgan fingerprint density at radius 3 is 2.96 bits per heavy atom. The van der Waals surface area contributed by atoms with Crippen LogP contribution >= 0.6 is 0 Å². The summed E-state index contributed by atoms with van der Waals surface area (Å²) in [7, 11) is 1.70. The fraction of sp³-hybridized carbons (Fsp3) is 0.381. The molecule has 25 heavy (non-hydrogen) atoms. The van der Waals surface area contributed by atoms with E-state index in [4.69, 9.17) is 14.5 Å². The molecule has 3 aromatic rings. The van der Waals surface area contributed by atoms with Gasteiger partial charge in [0.2, 0.25) is 0 Å². The number of methoxy groups -OCH3 is 1. The van der Waals surface area contributed by atoms with Gasteiger partial charge in [-0.05, 0) is 67.5 Å². The van der Waals surface area contributed by atoms with E-state index in [1.54, 1.807) is 7.11 Å². The molecule has 0 N–H and O–H groups in total. The number of hydrogen-bond acceptors (Lipinski definition) is 3. The number of imidazole rings is 1. The van der Waals surface area contributed by atoms with Crippen LogP contribution in [0.25, 0.3) is 22.4 Å². The van der Waals surface area contributed by atoms with Crippen LogP contribution in [0.2, 0.25) is 0 Å². The van der Waals surface area contributed by atoms with Gasteiger partial charge in [0.25, 0.3) is 0 Å². The molecule has 0 unspecified atom stereocenters. The monoisotopic (exact) mass is 334 g/mol. The molecule has 5 rings (SSSR count). The van der Waals surface area contributed by atoms with E-state index in [0.29, 0.717) is 0 Å². The third-order valence-corrected chi connectivity index (χ3v) is 5.26. The standard InChI is InChI=1S/C21H22N2O2/c1-24-17-7-8-19-18(12-17)22-21(23(19)13-14-4-5-14)16-6-9-20-15(11-16)3-2-10-25-20/h6-9,11-12,14H,2-5,10,13H2,1H3.